The van der Waals surface area contributed by atoms with E-state index in [9.17, 15) is 14.4 Å². The molecular weight excluding hydrogens is 296 g/mol. The molecule has 0 aromatic heterocycles. The van der Waals surface area contributed by atoms with Crippen molar-refractivity contribution in [2.75, 3.05) is 13.1 Å². The van der Waals surface area contributed by atoms with Crippen LogP contribution >= 0.6 is 0 Å². The van der Waals surface area contributed by atoms with Gasteiger partial charge in [-0.25, -0.2) is 4.79 Å². The minimum absolute atomic E-state index is 0.0361. The Balaban J connectivity index is 1.85. The van der Waals surface area contributed by atoms with Gasteiger partial charge in [-0.1, -0.05) is 0 Å². The molecule has 2 aliphatic rings. The Morgan fingerprint density at radius 2 is 2.09 bits per heavy atom. The molecule has 2 fully saturated rings. The summed E-state index contributed by atoms with van der Waals surface area (Å²) in [5, 5.41) is 2.64. The lowest BCUT2D eigenvalue weighted by atomic mass is 9.96. The predicted octanol–water partition coefficient (Wildman–Crippen LogP) is 0.825. The molecule has 2 rings (SSSR count). The quantitative estimate of drug-likeness (QED) is 0.732. The van der Waals surface area contributed by atoms with Gasteiger partial charge in [-0.15, -0.1) is 0 Å². The van der Waals surface area contributed by atoms with Gasteiger partial charge in [-0.05, 0) is 46.5 Å². The Morgan fingerprint density at radius 3 is 2.65 bits per heavy atom. The summed E-state index contributed by atoms with van der Waals surface area (Å²) >= 11 is 0. The Bertz CT molecular complexity index is 490. The summed E-state index contributed by atoms with van der Waals surface area (Å²) in [6, 6.07) is -0.309. The highest BCUT2D eigenvalue weighted by Gasteiger charge is 2.43. The molecule has 7 nitrogen and oxygen atoms in total. The Morgan fingerprint density at radius 1 is 1.39 bits per heavy atom. The van der Waals surface area contributed by atoms with Crippen molar-refractivity contribution in [2.45, 2.75) is 70.5 Å². The maximum Gasteiger partial charge on any atom is 0.325 e. The van der Waals surface area contributed by atoms with Crippen molar-refractivity contribution in [1.82, 2.24) is 15.1 Å². The maximum atomic E-state index is 12.4. The van der Waals surface area contributed by atoms with E-state index in [1.54, 1.807) is 13.8 Å². The SMILES string of the molecule is CC(N)C1CCCCN1C(=O)CCCN1C(=O)NC(C)(C)C1=O. The molecule has 0 aromatic carbocycles. The molecule has 2 aliphatic heterocycles. The van der Waals surface area contributed by atoms with Gasteiger partial charge >= 0.3 is 6.03 Å². The number of amides is 4. The highest BCUT2D eigenvalue weighted by Crippen LogP contribution is 2.21. The number of rotatable bonds is 5. The highest BCUT2D eigenvalue weighted by molar-refractivity contribution is 6.06. The molecule has 0 saturated carbocycles. The number of carbonyl (C=O) groups is 3. The second kappa shape index (κ2) is 6.86. The summed E-state index contributed by atoms with van der Waals surface area (Å²) in [6.07, 6.45) is 3.88. The fourth-order valence-corrected chi connectivity index (χ4v) is 3.37. The standard InChI is InChI=1S/C16H28N4O3/c1-11(17)12-7-4-5-9-19(12)13(21)8-6-10-20-14(22)16(2,3)18-15(20)23/h11-12H,4-10,17H2,1-3H3,(H,18,23). The van der Waals surface area contributed by atoms with E-state index in [0.29, 0.717) is 12.8 Å². The molecule has 0 aromatic rings. The molecular formula is C16H28N4O3. The molecule has 0 radical (unpaired) electrons. The van der Waals surface area contributed by atoms with Crippen LogP contribution in [-0.4, -0.2) is 58.4 Å². The monoisotopic (exact) mass is 324 g/mol. The zero-order valence-electron chi connectivity index (χ0n) is 14.3. The maximum absolute atomic E-state index is 12.4. The zero-order valence-corrected chi connectivity index (χ0v) is 14.3. The Labute approximate surface area is 137 Å². The van der Waals surface area contributed by atoms with Crippen LogP contribution < -0.4 is 11.1 Å². The predicted molar refractivity (Wildman–Crippen MR) is 86.6 cm³/mol. The van der Waals surface area contributed by atoms with Crippen LogP contribution in [0.2, 0.25) is 0 Å². The first-order valence-corrected chi connectivity index (χ1v) is 8.43. The van der Waals surface area contributed by atoms with Crippen LogP contribution in [0.15, 0.2) is 0 Å². The van der Waals surface area contributed by atoms with Gasteiger partial charge in [0, 0.05) is 31.6 Å². The number of imide groups is 1. The lowest BCUT2D eigenvalue weighted by Crippen LogP contribution is -2.51. The summed E-state index contributed by atoms with van der Waals surface area (Å²) in [5.41, 5.74) is 5.14. The molecule has 2 heterocycles. The van der Waals surface area contributed by atoms with Crippen molar-refractivity contribution in [3.63, 3.8) is 0 Å². The fraction of sp³-hybridized carbons (Fsp3) is 0.812. The van der Waals surface area contributed by atoms with Crippen molar-refractivity contribution >= 4 is 17.8 Å². The molecule has 2 unspecified atom stereocenters. The summed E-state index contributed by atoms with van der Waals surface area (Å²) in [5.74, 6) is -0.167. The van der Waals surface area contributed by atoms with Gasteiger partial charge in [0.05, 0.1) is 0 Å². The average Bonchev–Trinajstić information content (AvgIpc) is 2.68. The molecule has 2 atom stereocenters. The topological polar surface area (TPSA) is 95.7 Å². The molecule has 0 spiro atoms. The first kappa shape index (κ1) is 17.7. The van der Waals surface area contributed by atoms with Gasteiger partial charge in [-0.2, -0.15) is 0 Å². The molecule has 2 saturated heterocycles. The molecule has 3 N–H and O–H groups in total. The number of carbonyl (C=O) groups excluding carboxylic acids is 3. The van der Waals surface area contributed by atoms with E-state index >= 15 is 0 Å². The van der Waals surface area contributed by atoms with E-state index in [-0.39, 0.29) is 36.5 Å². The van der Waals surface area contributed by atoms with E-state index in [1.165, 1.54) is 4.90 Å². The largest absolute Gasteiger partial charge is 0.338 e. The number of urea groups is 1. The van der Waals surface area contributed by atoms with Crippen molar-refractivity contribution in [3.05, 3.63) is 0 Å². The highest BCUT2D eigenvalue weighted by atomic mass is 16.2. The van der Waals surface area contributed by atoms with Crippen LogP contribution in [0, 0.1) is 0 Å². The normalized spacial score (nSPS) is 25.5. The molecule has 4 amide bonds. The van der Waals surface area contributed by atoms with Crippen molar-refractivity contribution in [1.29, 1.82) is 0 Å². The third-order valence-electron chi connectivity index (χ3n) is 4.69. The smallest absolute Gasteiger partial charge is 0.325 e. The lowest BCUT2D eigenvalue weighted by molar-refractivity contribution is -0.136. The number of likely N-dealkylation sites (tertiary alicyclic amines) is 1. The van der Waals surface area contributed by atoms with E-state index in [0.717, 1.165) is 25.8 Å². The third kappa shape index (κ3) is 3.83. The van der Waals surface area contributed by atoms with E-state index in [2.05, 4.69) is 5.32 Å². The van der Waals surface area contributed by atoms with Crippen LogP contribution in [0.3, 0.4) is 0 Å². The fourth-order valence-electron chi connectivity index (χ4n) is 3.37. The zero-order chi connectivity index (χ0) is 17.2. The summed E-state index contributed by atoms with van der Waals surface area (Å²) in [4.78, 5) is 39.4. The van der Waals surface area contributed by atoms with Crippen LogP contribution in [0.1, 0.15) is 52.9 Å². The number of hydrogen-bond acceptors (Lipinski definition) is 4. The van der Waals surface area contributed by atoms with Crippen LogP contribution in [-0.2, 0) is 9.59 Å². The van der Waals surface area contributed by atoms with Crippen molar-refractivity contribution < 1.29 is 14.4 Å². The molecule has 130 valence electrons. The van der Waals surface area contributed by atoms with Gasteiger partial charge < -0.3 is 16.0 Å². The molecule has 0 bridgehead atoms. The number of nitrogens with two attached hydrogens (primary N) is 1. The van der Waals surface area contributed by atoms with Crippen LogP contribution in [0.4, 0.5) is 4.79 Å². The van der Waals surface area contributed by atoms with E-state index < -0.39 is 5.54 Å². The molecule has 23 heavy (non-hydrogen) atoms. The van der Waals surface area contributed by atoms with Crippen molar-refractivity contribution in [3.8, 4) is 0 Å². The summed E-state index contributed by atoms with van der Waals surface area (Å²) in [6.45, 7) is 6.32. The summed E-state index contributed by atoms with van der Waals surface area (Å²) in [7, 11) is 0. The van der Waals surface area contributed by atoms with Gasteiger partial charge in [0.15, 0.2) is 0 Å². The minimum Gasteiger partial charge on any atom is -0.338 e. The minimum atomic E-state index is -0.853. The molecule has 7 heteroatoms. The van der Waals surface area contributed by atoms with Crippen LogP contribution in [0.5, 0.6) is 0 Å². The van der Waals surface area contributed by atoms with Gasteiger partial charge in [-0.3, -0.25) is 14.5 Å². The number of piperidine rings is 1. The average molecular weight is 324 g/mol. The lowest BCUT2D eigenvalue weighted by Gasteiger charge is -2.38. The third-order valence-corrected chi connectivity index (χ3v) is 4.69. The van der Waals surface area contributed by atoms with E-state index in [4.69, 9.17) is 5.73 Å². The first-order valence-electron chi connectivity index (χ1n) is 8.43. The number of nitrogens with one attached hydrogen (secondary N) is 1. The molecule has 0 aliphatic carbocycles. The van der Waals surface area contributed by atoms with Gasteiger partial charge in [0.25, 0.3) is 5.91 Å². The van der Waals surface area contributed by atoms with Gasteiger partial charge in [0.2, 0.25) is 5.91 Å². The van der Waals surface area contributed by atoms with Gasteiger partial charge in [0.1, 0.15) is 5.54 Å². The van der Waals surface area contributed by atoms with Crippen LogP contribution in [0.25, 0.3) is 0 Å². The second-order valence-corrected chi connectivity index (χ2v) is 7.12. The first-order chi connectivity index (χ1) is 10.7. The summed E-state index contributed by atoms with van der Waals surface area (Å²) < 4.78 is 0. The van der Waals surface area contributed by atoms with Crippen molar-refractivity contribution in [2.24, 2.45) is 5.73 Å². The second-order valence-electron chi connectivity index (χ2n) is 7.12. The Hall–Kier alpha value is -1.63. The number of hydrogen-bond donors (Lipinski definition) is 2. The number of nitrogens with zero attached hydrogens (tertiary/aromatic N) is 2. The van der Waals surface area contributed by atoms with E-state index in [1.807, 2.05) is 11.8 Å². The Kier molecular flexibility index (Phi) is 5.29.